The Balaban J connectivity index is 2.09. The molecule has 3 aromatic rings. The highest BCUT2D eigenvalue weighted by atomic mass is 79.9. The Hall–Kier alpha value is -1.36. The van der Waals surface area contributed by atoms with Gasteiger partial charge in [-0.25, -0.2) is 0 Å². The van der Waals surface area contributed by atoms with Crippen molar-refractivity contribution >= 4 is 37.4 Å². The minimum absolute atomic E-state index is 0.194. The summed E-state index contributed by atoms with van der Waals surface area (Å²) in [6.45, 7) is 2.61. The van der Waals surface area contributed by atoms with Crippen molar-refractivity contribution in [3.8, 4) is 5.75 Å². The van der Waals surface area contributed by atoms with Gasteiger partial charge in [-0.15, -0.1) is 11.3 Å². The Morgan fingerprint density at radius 3 is 2.81 bits per heavy atom. The molecule has 0 aliphatic rings. The molecule has 0 saturated heterocycles. The van der Waals surface area contributed by atoms with Crippen LogP contribution in [-0.2, 0) is 0 Å². The van der Waals surface area contributed by atoms with Gasteiger partial charge in [0.05, 0.1) is 12.6 Å². The van der Waals surface area contributed by atoms with Gasteiger partial charge in [0.25, 0.3) is 0 Å². The number of ether oxygens (including phenoxy) is 1. The normalized spacial score (nSPS) is 12.5. The highest BCUT2D eigenvalue weighted by Crippen LogP contribution is 2.36. The molecule has 21 heavy (non-hydrogen) atoms. The van der Waals surface area contributed by atoms with Crippen LogP contribution in [0.5, 0.6) is 5.75 Å². The summed E-state index contributed by atoms with van der Waals surface area (Å²) in [5.41, 5.74) is 8.69. The molecule has 108 valence electrons. The van der Waals surface area contributed by atoms with Gasteiger partial charge in [0.15, 0.2) is 0 Å². The summed E-state index contributed by atoms with van der Waals surface area (Å²) in [4.78, 5) is 0. The topological polar surface area (TPSA) is 35.2 Å². The number of fused-ring (bicyclic) bond motifs is 1. The first-order chi connectivity index (χ1) is 10.2. The van der Waals surface area contributed by atoms with E-state index in [0.717, 1.165) is 21.3 Å². The molecule has 0 fully saturated rings. The molecule has 1 unspecified atom stereocenters. The summed E-state index contributed by atoms with van der Waals surface area (Å²) in [6.07, 6.45) is 0. The molecule has 0 aliphatic heterocycles. The summed E-state index contributed by atoms with van der Waals surface area (Å²) < 4.78 is 8.00. The summed E-state index contributed by atoms with van der Waals surface area (Å²) in [6, 6.07) is 14.2. The third-order valence-electron chi connectivity index (χ3n) is 3.45. The van der Waals surface area contributed by atoms with Gasteiger partial charge in [-0.1, -0.05) is 34.1 Å². The zero-order chi connectivity index (χ0) is 14.8. The number of thiophene rings is 1. The monoisotopic (exact) mass is 361 g/mol. The van der Waals surface area contributed by atoms with E-state index in [-0.39, 0.29) is 6.04 Å². The van der Waals surface area contributed by atoms with Crippen molar-refractivity contribution in [1.82, 2.24) is 0 Å². The van der Waals surface area contributed by atoms with E-state index in [2.05, 4.69) is 45.6 Å². The zero-order valence-corrected chi connectivity index (χ0v) is 14.1. The molecule has 2 aromatic carbocycles. The summed E-state index contributed by atoms with van der Waals surface area (Å²) in [5.74, 6) is 0.850. The highest BCUT2D eigenvalue weighted by molar-refractivity contribution is 9.10. The number of hydrogen-bond donors (Lipinski definition) is 1. The maximum Gasteiger partial charge on any atom is 0.124 e. The van der Waals surface area contributed by atoms with Crippen LogP contribution in [0.15, 0.2) is 52.3 Å². The Labute approximate surface area is 136 Å². The van der Waals surface area contributed by atoms with Crippen molar-refractivity contribution in [3.63, 3.8) is 0 Å². The minimum atomic E-state index is -0.194. The number of hydrogen-bond acceptors (Lipinski definition) is 3. The second-order valence-electron chi connectivity index (χ2n) is 4.78. The van der Waals surface area contributed by atoms with Crippen LogP contribution in [0.2, 0.25) is 0 Å². The molecule has 0 amide bonds. The first kappa shape index (κ1) is 14.6. The molecule has 1 heterocycles. The van der Waals surface area contributed by atoms with Gasteiger partial charge in [-0.3, -0.25) is 0 Å². The van der Waals surface area contributed by atoms with Crippen molar-refractivity contribution in [3.05, 3.63) is 63.4 Å². The molecule has 1 atom stereocenters. The maximum absolute atomic E-state index is 6.53. The average molecular weight is 362 g/mol. The summed E-state index contributed by atoms with van der Waals surface area (Å²) in [5, 5.41) is 3.36. The van der Waals surface area contributed by atoms with E-state index in [0.29, 0.717) is 6.61 Å². The summed E-state index contributed by atoms with van der Waals surface area (Å²) in [7, 11) is 0. The number of benzene rings is 2. The van der Waals surface area contributed by atoms with Crippen molar-refractivity contribution < 1.29 is 4.74 Å². The van der Waals surface area contributed by atoms with E-state index in [1.54, 1.807) is 11.3 Å². The second-order valence-corrected chi connectivity index (χ2v) is 6.61. The standard InChI is InChI=1S/C17H16BrNOS/c1-2-20-15-8-7-11(18)9-13(15)17(19)14-10-21-16-6-4-3-5-12(14)16/h3-10,17H,2,19H2,1H3. The number of halogens is 1. The third-order valence-corrected chi connectivity index (χ3v) is 4.93. The molecular formula is C17H16BrNOS. The van der Waals surface area contributed by atoms with Crippen molar-refractivity contribution in [1.29, 1.82) is 0 Å². The SMILES string of the molecule is CCOc1ccc(Br)cc1C(N)c1csc2ccccc12. The van der Waals surface area contributed by atoms with E-state index in [1.807, 2.05) is 25.1 Å². The van der Waals surface area contributed by atoms with Crippen LogP contribution < -0.4 is 10.5 Å². The molecule has 0 saturated carbocycles. The van der Waals surface area contributed by atoms with E-state index >= 15 is 0 Å². The van der Waals surface area contributed by atoms with Crippen LogP contribution in [0.25, 0.3) is 10.1 Å². The van der Waals surface area contributed by atoms with E-state index < -0.39 is 0 Å². The fourth-order valence-electron chi connectivity index (χ4n) is 2.46. The Kier molecular flexibility index (Phi) is 4.29. The minimum Gasteiger partial charge on any atom is -0.494 e. The highest BCUT2D eigenvalue weighted by Gasteiger charge is 2.18. The largest absolute Gasteiger partial charge is 0.494 e. The molecule has 0 radical (unpaired) electrons. The number of rotatable bonds is 4. The molecule has 0 aliphatic carbocycles. The van der Waals surface area contributed by atoms with Gasteiger partial charge in [-0.05, 0) is 47.5 Å². The Morgan fingerprint density at radius 1 is 1.19 bits per heavy atom. The van der Waals surface area contributed by atoms with Crippen LogP contribution in [0.4, 0.5) is 0 Å². The first-order valence-corrected chi connectivity index (χ1v) is 8.52. The lowest BCUT2D eigenvalue weighted by molar-refractivity contribution is 0.335. The van der Waals surface area contributed by atoms with Crippen molar-refractivity contribution in [2.24, 2.45) is 5.73 Å². The number of nitrogens with two attached hydrogens (primary N) is 1. The van der Waals surface area contributed by atoms with Crippen molar-refractivity contribution in [2.75, 3.05) is 6.61 Å². The predicted octanol–water partition coefficient (Wildman–Crippen LogP) is 5.11. The molecule has 0 spiro atoms. The molecule has 1 aromatic heterocycles. The summed E-state index contributed by atoms with van der Waals surface area (Å²) >= 11 is 5.25. The lowest BCUT2D eigenvalue weighted by atomic mass is 9.98. The quantitative estimate of drug-likeness (QED) is 0.700. The van der Waals surface area contributed by atoms with Crippen LogP contribution in [0.1, 0.15) is 24.1 Å². The maximum atomic E-state index is 6.53. The lowest BCUT2D eigenvalue weighted by Crippen LogP contribution is -2.13. The van der Waals surface area contributed by atoms with Crippen LogP contribution in [-0.4, -0.2) is 6.61 Å². The van der Waals surface area contributed by atoms with Crippen LogP contribution in [0.3, 0.4) is 0 Å². The molecule has 3 rings (SSSR count). The van der Waals surface area contributed by atoms with Gasteiger partial charge in [0, 0.05) is 14.7 Å². The second kappa shape index (κ2) is 6.18. The van der Waals surface area contributed by atoms with Crippen LogP contribution in [0, 0.1) is 0 Å². The molecular weight excluding hydrogens is 346 g/mol. The molecule has 2 nitrogen and oxygen atoms in total. The Morgan fingerprint density at radius 2 is 2.00 bits per heavy atom. The van der Waals surface area contributed by atoms with Gasteiger partial charge in [-0.2, -0.15) is 0 Å². The third kappa shape index (κ3) is 2.84. The smallest absolute Gasteiger partial charge is 0.124 e. The van der Waals surface area contributed by atoms with Crippen LogP contribution >= 0.6 is 27.3 Å². The van der Waals surface area contributed by atoms with Gasteiger partial charge in [0.1, 0.15) is 5.75 Å². The molecule has 4 heteroatoms. The fourth-order valence-corrected chi connectivity index (χ4v) is 3.83. The van der Waals surface area contributed by atoms with Gasteiger partial charge >= 0.3 is 0 Å². The van der Waals surface area contributed by atoms with Gasteiger partial charge in [0.2, 0.25) is 0 Å². The van der Waals surface area contributed by atoms with Gasteiger partial charge < -0.3 is 10.5 Å². The first-order valence-electron chi connectivity index (χ1n) is 6.84. The zero-order valence-electron chi connectivity index (χ0n) is 11.7. The van der Waals surface area contributed by atoms with E-state index in [1.165, 1.54) is 10.1 Å². The van der Waals surface area contributed by atoms with E-state index in [9.17, 15) is 0 Å². The molecule has 2 N–H and O–H groups in total. The Bertz CT molecular complexity index is 768. The fraction of sp³-hybridized carbons (Fsp3) is 0.176. The average Bonchev–Trinajstić information content (AvgIpc) is 2.92. The molecule has 0 bridgehead atoms. The predicted molar refractivity (Wildman–Crippen MR) is 93.2 cm³/mol. The van der Waals surface area contributed by atoms with E-state index in [4.69, 9.17) is 10.5 Å². The van der Waals surface area contributed by atoms with Crippen molar-refractivity contribution in [2.45, 2.75) is 13.0 Å². The lowest BCUT2D eigenvalue weighted by Gasteiger charge is -2.17.